The van der Waals surface area contributed by atoms with E-state index in [0.29, 0.717) is 11.4 Å². The van der Waals surface area contributed by atoms with E-state index in [1.807, 2.05) is 24.3 Å². The number of rotatable bonds is 7. The van der Waals surface area contributed by atoms with Gasteiger partial charge >= 0.3 is 0 Å². The standard InChI is InChI=1S/C21H21N5O3/c1-15(26-14-22-13-23-26)21(28)25-18-9-7-17(8-10-18)24-20(27)11-6-16-4-3-5-19(12-16)29-2/h3-15H,1-2H3,(H,24,27)(H,25,28)/b11-6+. The van der Waals surface area contributed by atoms with Gasteiger partial charge in [0.1, 0.15) is 24.4 Å². The van der Waals surface area contributed by atoms with Crippen LogP contribution in [0.3, 0.4) is 0 Å². The van der Waals surface area contributed by atoms with E-state index in [1.54, 1.807) is 44.4 Å². The normalized spacial score (nSPS) is 11.8. The van der Waals surface area contributed by atoms with Gasteiger partial charge in [0.25, 0.3) is 0 Å². The highest BCUT2D eigenvalue weighted by Gasteiger charge is 2.15. The van der Waals surface area contributed by atoms with E-state index in [1.165, 1.54) is 23.4 Å². The van der Waals surface area contributed by atoms with Crippen LogP contribution in [0.15, 0.2) is 67.3 Å². The van der Waals surface area contributed by atoms with E-state index >= 15 is 0 Å². The second-order valence-corrected chi connectivity index (χ2v) is 6.22. The molecule has 0 saturated heterocycles. The minimum Gasteiger partial charge on any atom is -0.497 e. The van der Waals surface area contributed by atoms with Crippen molar-refractivity contribution in [1.82, 2.24) is 14.8 Å². The second-order valence-electron chi connectivity index (χ2n) is 6.22. The molecule has 29 heavy (non-hydrogen) atoms. The first-order valence-corrected chi connectivity index (χ1v) is 8.93. The van der Waals surface area contributed by atoms with Crippen LogP contribution >= 0.6 is 0 Å². The van der Waals surface area contributed by atoms with Gasteiger partial charge in [-0.2, -0.15) is 5.10 Å². The van der Waals surface area contributed by atoms with Gasteiger partial charge in [-0.1, -0.05) is 12.1 Å². The molecule has 8 heteroatoms. The van der Waals surface area contributed by atoms with Gasteiger partial charge in [-0.15, -0.1) is 0 Å². The first-order chi connectivity index (χ1) is 14.0. The van der Waals surface area contributed by atoms with Crippen LogP contribution in [0.1, 0.15) is 18.5 Å². The lowest BCUT2D eigenvalue weighted by atomic mass is 10.2. The summed E-state index contributed by atoms with van der Waals surface area (Å²) in [6.45, 7) is 1.73. The Morgan fingerprint density at radius 2 is 1.83 bits per heavy atom. The highest BCUT2D eigenvalue weighted by atomic mass is 16.5. The number of amides is 2. The molecule has 0 saturated carbocycles. The molecule has 3 rings (SSSR count). The number of carbonyl (C=O) groups is 2. The third kappa shape index (κ3) is 5.52. The minimum atomic E-state index is -0.487. The van der Waals surface area contributed by atoms with Crippen LogP contribution in [-0.4, -0.2) is 33.7 Å². The van der Waals surface area contributed by atoms with Gasteiger partial charge in [0.05, 0.1) is 7.11 Å². The molecule has 8 nitrogen and oxygen atoms in total. The highest BCUT2D eigenvalue weighted by molar-refractivity contribution is 6.02. The van der Waals surface area contributed by atoms with Crippen LogP contribution in [0, 0.1) is 0 Å². The van der Waals surface area contributed by atoms with Crippen LogP contribution in [-0.2, 0) is 9.59 Å². The Labute approximate surface area is 168 Å². The summed E-state index contributed by atoms with van der Waals surface area (Å²) in [5.41, 5.74) is 2.10. The van der Waals surface area contributed by atoms with Crippen molar-refractivity contribution in [3.05, 3.63) is 72.8 Å². The average Bonchev–Trinajstić information content (AvgIpc) is 3.28. The second kappa shape index (κ2) is 9.32. The predicted molar refractivity (Wildman–Crippen MR) is 110 cm³/mol. The zero-order valence-electron chi connectivity index (χ0n) is 16.1. The van der Waals surface area contributed by atoms with Gasteiger partial charge in [0.2, 0.25) is 11.8 Å². The maximum atomic E-state index is 12.3. The number of nitrogens with one attached hydrogen (secondary N) is 2. The van der Waals surface area contributed by atoms with E-state index in [0.717, 1.165) is 11.3 Å². The summed E-state index contributed by atoms with van der Waals surface area (Å²) in [6, 6.07) is 13.8. The van der Waals surface area contributed by atoms with Gasteiger partial charge in [-0.05, 0) is 55.0 Å². The Morgan fingerprint density at radius 1 is 1.10 bits per heavy atom. The van der Waals surface area contributed by atoms with Gasteiger partial charge < -0.3 is 15.4 Å². The van der Waals surface area contributed by atoms with Gasteiger partial charge in [0, 0.05) is 17.5 Å². The van der Waals surface area contributed by atoms with E-state index in [2.05, 4.69) is 20.7 Å². The number of methoxy groups -OCH3 is 1. The summed E-state index contributed by atoms with van der Waals surface area (Å²) >= 11 is 0. The number of nitrogens with zero attached hydrogens (tertiary/aromatic N) is 3. The Bertz CT molecular complexity index is 997. The number of aromatic nitrogens is 3. The monoisotopic (exact) mass is 391 g/mol. The smallest absolute Gasteiger partial charge is 0.249 e. The van der Waals surface area contributed by atoms with Crippen molar-refractivity contribution < 1.29 is 14.3 Å². The number of hydrogen-bond donors (Lipinski definition) is 2. The molecule has 0 aliphatic heterocycles. The molecule has 0 bridgehead atoms. The predicted octanol–water partition coefficient (Wildman–Crippen LogP) is 3.14. The third-order valence-electron chi connectivity index (χ3n) is 4.15. The molecule has 0 aliphatic carbocycles. The van der Waals surface area contributed by atoms with E-state index in [9.17, 15) is 9.59 Å². The molecule has 1 unspecified atom stereocenters. The molecule has 1 heterocycles. The van der Waals surface area contributed by atoms with Crippen molar-refractivity contribution in [2.45, 2.75) is 13.0 Å². The Balaban J connectivity index is 1.55. The summed E-state index contributed by atoms with van der Waals surface area (Å²) in [5.74, 6) is 0.251. The minimum absolute atomic E-state index is 0.214. The van der Waals surface area contributed by atoms with Crippen LogP contribution in [0.25, 0.3) is 6.08 Å². The summed E-state index contributed by atoms with van der Waals surface area (Å²) in [7, 11) is 1.59. The average molecular weight is 391 g/mol. The first-order valence-electron chi connectivity index (χ1n) is 8.93. The Kier molecular flexibility index (Phi) is 6.36. The fraction of sp³-hybridized carbons (Fsp3) is 0.143. The maximum Gasteiger partial charge on any atom is 0.249 e. The third-order valence-corrected chi connectivity index (χ3v) is 4.15. The van der Waals surface area contributed by atoms with Crippen molar-refractivity contribution in [3.8, 4) is 5.75 Å². The first kappa shape index (κ1) is 19.8. The molecule has 1 aromatic heterocycles. The molecule has 3 aromatic rings. The zero-order chi connectivity index (χ0) is 20.6. The van der Waals surface area contributed by atoms with Crippen molar-refractivity contribution in [2.24, 2.45) is 0 Å². The summed E-state index contributed by atoms with van der Waals surface area (Å²) in [5, 5.41) is 9.53. The lowest BCUT2D eigenvalue weighted by Gasteiger charge is -2.12. The fourth-order valence-corrected chi connectivity index (χ4v) is 2.52. The highest BCUT2D eigenvalue weighted by Crippen LogP contribution is 2.16. The van der Waals surface area contributed by atoms with Crippen LogP contribution in [0.5, 0.6) is 5.75 Å². The molecular weight excluding hydrogens is 370 g/mol. The van der Waals surface area contributed by atoms with Gasteiger partial charge in [-0.25, -0.2) is 9.67 Å². The van der Waals surface area contributed by atoms with Crippen molar-refractivity contribution in [2.75, 3.05) is 17.7 Å². The number of benzene rings is 2. The number of hydrogen-bond acceptors (Lipinski definition) is 5. The molecule has 1 atom stereocenters. The summed E-state index contributed by atoms with van der Waals surface area (Å²) in [6.07, 6.45) is 6.02. The zero-order valence-corrected chi connectivity index (χ0v) is 16.1. The molecule has 0 spiro atoms. The molecule has 0 fully saturated rings. The Hall–Kier alpha value is -3.94. The lowest BCUT2D eigenvalue weighted by Crippen LogP contribution is -2.24. The van der Waals surface area contributed by atoms with Gasteiger partial charge in [-0.3, -0.25) is 9.59 Å². The summed E-state index contributed by atoms with van der Waals surface area (Å²) in [4.78, 5) is 28.2. The largest absolute Gasteiger partial charge is 0.497 e. The van der Waals surface area contributed by atoms with Crippen molar-refractivity contribution in [1.29, 1.82) is 0 Å². The molecule has 2 N–H and O–H groups in total. The number of carbonyl (C=O) groups excluding carboxylic acids is 2. The number of ether oxygens (including phenoxy) is 1. The Morgan fingerprint density at radius 3 is 2.48 bits per heavy atom. The molecule has 2 amide bonds. The lowest BCUT2D eigenvalue weighted by molar-refractivity contribution is -0.119. The van der Waals surface area contributed by atoms with E-state index in [-0.39, 0.29) is 11.8 Å². The fourth-order valence-electron chi connectivity index (χ4n) is 2.52. The molecular formula is C21H21N5O3. The van der Waals surface area contributed by atoms with E-state index in [4.69, 9.17) is 4.74 Å². The SMILES string of the molecule is COc1cccc(/C=C/C(=O)Nc2ccc(NC(=O)C(C)n3cncn3)cc2)c1. The quantitative estimate of drug-likeness (QED) is 0.603. The summed E-state index contributed by atoms with van der Waals surface area (Å²) < 4.78 is 6.63. The number of anilines is 2. The van der Waals surface area contributed by atoms with Crippen LogP contribution in [0.2, 0.25) is 0 Å². The van der Waals surface area contributed by atoms with Crippen molar-refractivity contribution >= 4 is 29.3 Å². The van der Waals surface area contributed by atoms with Gasteiger partial charge in [0.15, 0.2) is 0 Å². The molecule has 148 valence electrons. The van der Waals surface area contributed by atoms with Crippen molar-refractivity contribution in [3.63, 3.8) is 0 Å². The molecule has 2 aromatic carbocycles. The van der Waals surface area contributed by atoms with E-state index < -0.39 is 6.04 Å². The maximum absolute atomic E-state index is 12.3. The van der Waals surface area contributed by atoms with Crippen LogP contribution < -0.4 is 15.4 Å². The van der Waals surface area contributed by atoms with Crippen LogP contribution in [0.4, 0.5) is 11.4 Å². The topological polar surface area (TPSA) is 98.1 Å². The molecule has 0 radical (unpaired) electrons. The molecule has 0 aliphatic rings.